The van der Waals surface area contributed by atoms with E-state index in [1.54, 1.807) is 0 Å². The van der Waals surface area contributed by atoms with Gasteiger partial charge in [0.1, 0.15) is 11.6 Å². The summed E-state index contributed by atoms with van der Waals surface area (Å²) in [6.45, 7) is 2.65. The number of β-amino-alcohol motifs (C(OH)–C–C–N with tert-alkyl or cyclic N) is 1. The lowest BCUT2D eigenvalue weighted by molar-refractivity contribution is 0.130. The normalized spacial score (nSPS) is 29.9. The summed E-state index contributed by atoms with van der Waals surface area (Å²) in [5.41, 5.74) is 0.232. The minimum atomic E-state index is -0.133. The summed E-state index contributed by atoms with van der Waals surface area (Å²) in [7, 11) is 2.09. The monoisotopic (exact) mass is 262 g/mol. The number of aliphatic hydroxyl groups excluding tert-OH is 1. The third-order valence-corrected chi connectivity index (χ3v) is 5.40. The molecule has 5 heteroatoms. The summed E-state index contributed by atoms with van der Waals surface area (Å²) in [6, 6.07) is 0. The van der Waals surface area contributed by atoms with Crippen LogP contribution >= 0.6 is 0 Å². The Kier molecular flexibility index (Phi) is 2.51. The zero-order valence-electron chi connectivity index (χ0n) is 11.5. The highest BCUT2D eigenvalue weighted by molar-refractivity contribution is 5.09. The molecule has 2 saturated carbocycles. The van der Waals surface area contributed by atoms with E-state index in [9.17, 15) is 5.11 Å². The first-order valence-electron chi connectivity index (χ1n) is 7.46. The quantitative estimate of drug-likeness (QED) is 0.884. The van der Waals surface area contributed by atoms with Gasteiger partial charge in [0.15, 0.2) is 0 Å². The fraction of sp³-hybridized carbons (Fsp3) is 0.857. The van der Waals surface area contributed by atoms with Gasteiger partial charge < -0.3 is 9.67 Å². The van der Waals surface area contributed by atoms with Gasteiger partial charge in [0.25, 0.3) is 0 Å². The number of likely N-dealkylation sites (tertiary alicyclic amines) is 1. The molecule has 5 nitrogen and oxygen atoms in total. The van der Waals surface area contributed by atoms with Crippen LogP contribution in [0.25, 0.3) is 0 Å². The lowest BCUT2D eigenvalue weighted by Gasteiger charge is -2.24. The Bertz CT molecular complexity index is 490. The van der Waals surface area contributed by atoms with Gasteiger partial charge in [-0.2, -0.15) is 0 Å². The summed E-state index contributed by atoms with van der Waals surface area (Å²) >= 11 is 0. The summed E-state index contributed by atoms with van der Waals surface area (Å²) < 4.78 is 2.17. The maximum atomic E-state index is 10.1. The topological polar surface area (TPSA) is 54.2 Å². The van der Waals surface area contributed by atoms with Crippen molar-refractivity contribution in [1.82, 2.24) is 19.7 Å². The highest BCUT2D eigenvalue weighted by atomic mass is 16.3. The summed E-state index contributed by atoms with van der Waals surface area (Å²) in [5.74, 6) is 2.83. The molecule has 1 spiro atoms. The number of hydrogen-bond acceptors (Lipinski definition) is 4. The average molecular weight is 262 g/mol. The molecule has 2 heterocycles. The fourth-order valence-corrected chi connectivity index (χ4v) is 3.56. The highest BCUT2D eigenvalue weighted by Gasteiger charge is 2.54. The Morgan fingerprint density at radius 3 is 2.68 bits per heavy atom. The largest absolute Gasteiger partial charge is 0.391 e. The molecule has 2 aliphatic carbocycles. The molecule has 1 aromatic heterocycles. The van der Waals surface area contributed by atoms with E-state index in [2.05, 4.69) is 26.7 Å². The first-order chi connectivity index (χ1) is 9.18. The van der Waals surface area contributed by atoms with Crippen LogP contribution in [-0.2, 0) is 13.6 Å². The van der Waals surface area contributed by atoms with Gasteiger partial charge in [-0.05, 0) is 25.7 Å². The third kappa shape index (κ3) is 1.82. The van der Waals surface area contributed by atoms with E-state index < -0.39 is 0 Å². The second kappa shape index (κ2) is 4.03. The first-order valence-corrected chi connectivity index (χ1v) is 7.46. The van der Waals surface area contributed by atoms with Gasteiger partial charge >= 0.3 is 0 Å². The predicted octanol–water partition coefficient (Wildman–Crippen LogP) is 1.04. The van der Waals surface area contributed by atoms with Crippen molar-refractivity contribution in [3.05, 3.63) is 11.6 Å². The van der Waals surface area contributed by atoms with Crippen molar-refractivity contribution in [1.29, 1.82) is 0 Å². The summed E-state index contributed by atoms with van der Waals surface area (Å²) in [6.07, 6.45) is 6.10. The fourth-order valence-electron chi connectivity index (χ4n) is 3.56. The van der Waals surface area contributed by atoms with Crippen LogP contribution in [0.15, 0.2) is 0 Å². The zero-order chi connectivity index (χ0) is 13.0. The molecule has 1 aromatic rings. The van der Waals surface area contributed by atoms with Gasteiger partial charge in [0.05, 0.1) is 12.6 Å². The van der Waals surface area contributed by atoms with Crippen LogP contribution in [-0.4, -0.2) is 44.0 Å². The molecule has 0 aromatic carbocycles. The van der Waals surface area contributed by atoms with Crippen molar-refractivity contribution < 1.29 is 5.11 Å². The summed E-state index contributed by atoms with van der Waals surface area (Å²) in [5, 5.41) is 18.8. The Morgan fingerprint density at radius 2 is 2.11 bits per heavy atom. The van der Waals surface area contributed by atoms with Crippen molar-refractivity contribution >= 4 is 0 Å². The molecule has 1 atom stereocenters. The van der Waals surface area contributed by atoms with E-state index in [4.69, 9.17) is 0 Å². The molecule has 19 heavy (non-hydrogen) atoms. The van der Waals surface area contributed by atoms with Gasteiger partial charge in [0.2, 0.25) is 0 Å². The Balaban J connectivity index is 1.47. The molecule has 1 N–H and O–H groups in total. The van der Waals surface area contributed by atoms with E-state index in [-0.39, 0.29) is 11.5 Å². The SMILES string of the molecule is Cn1c(CN2CC(O)C3(CC3)C2)nnc1C1CCC1. The van der Waals surface area contributed by atoms with Crippen molar-refractivity contribution in [3.8, 4) is 0 Å². The van der Waals surface area contributed by atoms with Crippen LogP contribution < -0.4 is 0 Å². The molecule has 0 bridgehead atoms. The predicted molar refractivity (Wildman–Crippen MR) is 70.5 cm³/mol. The molecular weight excluding hydrogens is 240 g/mol. The van der Waals surface area contributed by atoms with Crippen molar-refractivity contribution in [2.24, 2.45) is 12.5 Å². The van der Waals surface area contributed by atoms with Crippen molar-refractivity contribution in [3.63, 3.8) is 0 Å². The Hall–Kier alpha value is -0.940. The smallest absolute Gasteiger partial charge is 0.146 e. The van der Waals surface area contributed by atoms with Crippen LogP contribution in [0.3, 0.4) is 0 Å². The van der Waals surface area contributed by atoms with Gasteiger partial charge in [-0.3, -0.25) is 4.90 Å². The van der Waals surface area contributed by atoms with Gasteiger partial charge in [0, 0.05) is 31.5 Å². The molecule has 3 fully saturated rings. The maximum absolute atomic E-state index is 10.1. The molecule has 0 amide bonds. The molecule has 1 unspecified atom stereocenters. The summed E-state index contributed by atoms with van der Waals surface area (Å²) in [4.78, 5) is 2.34. The van der Waals surface area contributed by atoms with Crippen molar-refractivity contribution in [2.75, 3.05) is 13.1 Å². The molecule has 3 aliphatic rings. The molecule has 1 aliphatic heterocycles. The second-order valence-corrected chi connectivity index (χ2v) is 6.71. The molecule has 4 rings (SSSR count). The zero-order valence-corrected chi connectivity index (χ0v) is 11.5. The minimum absolute atomic E-state index is 0.133. The lowest BCUT2D eigenvalue weighted by atomic mass is 9.85. The average Bonchev–Trinajstić information content (AvgIpc) is 2.93. The standard InChI is InChI=1S/C14H22N4O/c1-17-12(15-16-13(17)10-3-2-4-10)8-18-7-11(19)14(9-18)5-6-14/h10-11,19H,2-9H2,1H3. The Labute approximate surface area is 113 Å². The van der Waals surface area contributed by atoms with Gasteiger partial charge in [-0.25, -0.2) is 0 Å². The first kappa shape index (κ1) is 11.9. The highest BCUT2D eigenvalue weighted by Crippen LogP contribution is 2.52. The molecule has 1 saturated heterocycles. The van der Waals surface area contributed by atoms with Crippen molar-refractivity contribution in [2.45, 2.75) is 50.7 Å². The number of aromatic nitrogens is 3. The van der Waals surface area contributed by atoms with Crippen LogP contribution in [0, 0.1) is 5.41 Å². The number of rotatable bonds is 3. The number of nitrogens with zero attached hydrogens (tertiary/aromatic N) is 4. The van der Waals surface area contributed by atoms with E-state index >= 15 is 0 Å². The van der Waals surface area contributed by atoms with Gasteiger partial charge in [-0.15, -0.1) is 10.2 Å². The van der Waals surface area contributed by atoms with E-state index in [0.29, 0.717) is 5.92 Å². The van der Waals surface area contributed by atoms with E-state index in [0.717, 1.165) is 31.3 Å². The lowest BCUT2D eigenvalue weighted by Crippen LogP contribution is -2.24. The van der Waals surface area contributed by atoms with Crippen LogP contribution in [0.2, 0.25) is 0 Å². The second-order valence-electron chi connectivity index (χ2n) is 6.71. The van der Waals surface area contributed by atoms with Crippen LogP contribution in [0.1, 0.15) is 49.7 Å². The number of aliphatic hydroxyl groups is 1. The van der Waals surface area contributed by atoms with Gasteiger partial charge in [-0.1, -0.05) is 6.42 Å². The molecule has 104 valence electrons. The minimum Gasteiger partial charge on any atom is -0.391 e. The van der Waals surface area contributed by atoms with E-state index in [1.807, 2.05) is 0 Å². The third-order valence-electron chi connectivity index (χ3n) is 5.40. The maximum Gasteiger partial charge on any atom is 0.146 e. The van der Waals surface area contributed by atoms with Crippen LogP contribution in [0.5, 0.6) is 0 Å². The molecule has 0 radical (unpaired) electrons. The molecular formula is C14H22N4O. The van der Waals surface area contributed by atoms with E-state index in [1.165, 1.54) is 32.1 Å². The van der Waals surface area contributed by atoms with Crippen LogP contribution in [0.4, 0.5) is 0 Å². The Morgan fingerprint density at radius 1 is 1.32 bits per heavy atom. The number of hydrogen-bond donors (Lipinski definition) is 1.